The van der Waals surface area contributed by atoms with E-state index >= 15 is 0 Å². The largest absolute Gasteiger partial charge is 0.477 e. The van der Waals surface area contributed by atoms with Crippen LogP contribution in [0, 0.1) is 0 Å². The number of ether oxygens (including phenoxy) is 1. The van der Waals surface area contributed by atoms with E-state index in [4.69, 9.17) is 15.3 Å². The Morgan fingerprint density at radius 2 is 2.14 bits per heavy atom. The number of esters is 1. The highest BCUT2D eigenvalue weighted by molar-refractivity contribution is 8.00. The molecule has 2 amide bonds. The maximum Gasteiger partial charge on any atom is 0.352 e. The van der Waals surface area contributed by atoms with Gasteiger partial charge in [-0.1, -0.05) is 5.16 Å². The van der Waals surface area contributed by atoms with Crippen molar-refractivity contribution < 1.29 is 33.9 Å². The first-order valence-electron chi connectivity index (χ1n) is 10.4. The second-order valence-corrected chi connectivity index (χ2v) is 9.66. The summed E-state index contributed by atoms with van der Waals surface area (Å²) < 4.78 is 6.50. The van der Waals surface area contributed by atoms with Gasteiger partial charge in [0.05, 0.1) is 0 Å². The zero-order valence-electron chi connectivity index (χ0n) is 19.0. The summed E-state index contributed by atoms with van der Waals surface area (Å²) in [5.74, 6) is -3.06. The van der Waals surface area contributed by atoms with Crippen LogP contribution in [0.15, 0.2) is 34.1 Å². The summed E-state index contributed by atoms with van der Waals surface area (Å²) in [5, 5.41) is 21.4. The monoisotopic (exact) mass is 535 g/mol. The number of aryl methyl sites for hydroxylation is 1. The Morgan fingerprint density at radius 3 is 2.75 bits per heavy atom. The molecule has 2 aliphatic heterocycles. The number of hydrogen-bond acceptors (Lipinski definition) is 12. The molecule has 4 heterocycles. The van der Waals surface area contributed by atoms with Gasteiger partial charge in [-0.3, -0.25) is 24.0 Å². The number of anilines is 1. The van der Waals surface area contributed by atoms with Crippen LogP contribution in [0.25, 0.3) is 0 Å². The summed E-state index contributed by atoms with van der Waals surface area (Å²) in [6.45, 7) is 0.951. The number of thioether (sulfide) groups is 1. The molecule has 4 N–H and O–H groups in total. The highest BCUT2D eigenvalue weighted by atomic mass is 32.2. The molecule has 2 aromatic heterocycles. The summed E-state index contributed by atoms with van der Waals surface area (Å²) >= 11 is 2.34. The van der Waals surface area contributed by atoms with Gasteiger partial charge in [0.25, 0.3) is 11.8 Å². The number of hydrogen-bond donors (Lipinski definition) is 3. The molecule has 0 saturated carbocycles. The van der Waals surface area contributed by atoms with Crippen molar-refractivity contribution in [1.82, 2.24) is 25.0 Å². The van der Waals surface area contributed by atoms with Gasteiger partial charge in [-0.15, -0.1) is 23.1 Å². The molecule has 0 aliphatic carbocycles. The lowest BCUT2D eigenvalue weighted by Crippen LogP contribution is -2.71. The number of rotatable bonds is 9. The Bertz CT molecular complexity index is 1280. The maximum atomic E-state index is 13.1. The van der Waals surface area contributed by atoms with Crippen LogP contribution in [0.1, 0.15) is 18.3 Å². The van der Waals surface area contributed by atoms with E-state index in [2.05, 4.69) is 20.6 Å². The minimum atomic E-state index is -1.33. The number of nitrogens with one attached hydrogen (secondary N) is 1. The van der Waals surface area contributed by atoms with Gasteiger partial charge in [0, 0.05) is 36.9 Å². The van der Waals surface area contributed by atoms with Crippen LogP contribution in [-0.2, 0) is 42.4 Å². The zero-order chi connectivity index (χ0) is 26.0. The molecule has 4 rings (SSSR count). The van der Waals surface area contributed by atoms with E-state index in [1.54, 1.807) is 24.0 Å². The van der Waals surface area contributed by atoms with Crippen LogP contribution >= 0.6 is 23.1 Å². The third-order valence-corrected chi connectivity index (χ3v) is 7.12. The van der Waals surface area contributed by atoms with Gasteiger partial charge in [-0.25, -0.2) is 9.78 Å². The average Bonchev–Trinajstić information content (AvgIpc) is 3.45. The van der Waals surface area contributed by atoms with E-state index in [0.717, 1.165) is 16.2 Å². The molecule has 0 spiro atoms. The SMILES string of the molecule is CC(=O)OCC1=C(C(=O)O)N2C(=O)[C@@H](NC(=O)C(=NOCc3ccn(C)n3)c3csc(N)n3)[C@@H]2SC1. The number of carboxylic acid groups (broad SMARTS) is 1. The Hall–Kier alpha value is -3.92. The predicted molar refractivity (Wildman–Crippen MR) is 127 cm³/mol. The van der Waals surface area contributed by atoms with Crippen LogP contribution in [0.4, 0.5) is 5.13 Å². The lowest BCUT2D eigenvalue weighted by Gasteiger charge is -2.49. The molecule has 16 heteroatoms. The Balaban J connectivity index is 1.49. The first-order valence-corrected chi connectivity index (χ1v) is 12.3. The van der Waals surface area contributed by atoms with Crippen molar-refractivity contribution in [2.75, 3.05) is 18.1 Å². The molecule has 2 aliphatic rings. The number of nitrogen functional groups attached to an aromatic ring is 1. The number of thiazole rings is 1. The fourth-order valence-electron chi connectivity index (χ4n) is 3.50. The van der Waals surface area contributed by atoms with Crippen molar-refractivity contribution in [2.45, 2.75) is 24.9 Å². The minimum Gasteiger partial charge on any atom is -0.477 e. The lowest BCUT2D eigenvalue weighted by molar-refractivity contribution is -0.150. The molecular formula is C20H21N7O7S2. The van der Waals surface area contributed by atoms with E-state index in [-0.39, 0.29) is 41.2 Å². The van der Waals surface area contributed by atoms with Crippen LogP contribution in [0.3, 0.4) is 0 Å². The van der Waals surface area contributed by atoms with Gasteiger partial charge in [-0.05, 0) is 6.07 Å². The second kappa shape index (κ2) is 10.4. The molecule has 0 radical (unpaired) electrons. The number of nitrogens with zero attached hydrogens (tertiary/aromatic N) is 5. The topological polar surface area (TPSA) is 191 Å². The number of carbonyl (C=O) groups excluding carboxylic acids is 3. The van der Waals surface area contributed by atoms with Crippen molar-refractivity contribution in [3.63, 3.8) is 0 Å². The van der Waals surface area contributed by atoms with Crippen LogP contribution < -0.4 is 11.1 Å². The summed E-state index contributed by atoms with van der Waals surface area (Å²) in [5.41, 5.74) is 6.28. The van der Waals surface area contributed by atoms with Gasteiger partial charge in [0.2, 0.25) is 0 Å². The Labute approximate surface area is 212 Å². The number of fused-ring (bicyclic) bond motifs is 1. The molecule has 2 aromatic rings. The number of aliphatic carboxylic acids is 1. The number of amides is 2. The van der Waals surface area contributed by atoms with Crippen molar-refractivity contribution >= 4 is 57.7 Å². The van der Waals surface area contributed by atoms with Crippen molar-refractivity contribution in [1.29, 1.82) is 0 Å². The van der Waals surface area contributed by atoms with Crippen molar-refractivity contribution in [3.8, 4) is 0 Å². The number of oxime groups is 1. The number of aromatic nitrogens is 3. The first kappa shape index (κ1) is 25.2. The van der Waals surface area contributed by atoms with E-state index < -0.39 is 35.2 Å². The molecule has 14 nitrogen and oxygen atoms in total. The predicted octanol–water partition coefficient (Wildman–Crippen LogP) is -0.319. The normalized spacial score (nSPS) is 19.4. The summed E-state index contributed by atoms with van der Waals surface area (Å²) in [7, 11) is 1.75. The summed E-state index contributed by atoms with van der Waals surface area (Å²) in [6, 6.07) is 0.713. The average molecular weight is 536 g/mol. The highest BCUT2D eigenvalue weighted by Crippen LogP contribution is 2.40. The number of carboxylic acids is 1. The molecular weight excluding hydrogens is 514 g/mol. The van der Waals surface area contributed by atoms with Gasteiger partial charge >= 0.3 is 11.9 Å². The minimum absolute atomic E-state index is 0.0102. The highest BCUT2D eigenvalue weighted by Gasteiger charge is 2.54. The van der Waals surface area contributed by atoms with E-state index in [1.165, 1.54) is 24.1 Å². The molecule has 0 unspecified atom stereocenters. The number of β-lactam (4-membered cyclic amide) rings is 1. The van der Waals surface area contributed by atoms with E-state index in [9.17, 15) is 24.3 Å². The zero-order valence-corrected chi connectivity index (χ0v) is 20.7. The first-order chi connectivity index (χ1) is 17.2. The van der Waals surface area contributed by atoms with E-state index in [1.807, 2.05) is 0 Å². The Morgan fingerprint density at radius 1 is 1.36 bits per heavy atom. The molecule has 1 saturated heterocycles. The number of carbonyl (C=O) groups is 4. The third-order valence-electron chi connectivity index (χ3n) is 5.10. The fraction of sp³-hybridized carbons (Fsp3) is 0.350. The fourth-order valence-corrected chi connectivity index (χ4v) is 5.37. The Kier molecular flexibility index (Phi) is 7.25. The molecule has 0 aromatic carbocycles. The van der Waals surface area contributed by atoms with Crippen molar-refractivity contribution in [3.05, 3.63) is 40.3 Å². The smallest absolute Gasteiger partial charge is 0.352 e. The van der Waals surface area contributed by atoms with Crippen LogP contribution in [0.2, 0.25) is 0 Å². The standard InChI is InChI=1S/C20H21N7O7S2/c1-9(28)33-5-10-7-35-18-14(17(30)27(18)15(10)19(31)32)23-16(29)13(12-8-36-20(21)22-12)25-34-6-11-3-4-26(2)24-11/h3-4,8,14,18H,5-7H2,1-2H3,(H2,21,22)(H,23,29)(H,31,32)/t14-,18+/m1/s1. The van der Waals surface area contributed by atoms with Gasteiger partial charge in [-0.2, -0.15) is 5.10 Å². The molecule has 36 heavy (non-hydrogen) atoms. The molecule has 0 bridgehead atoms. The molecule has 190 valence electrons. The van der Waals surface area contributed by atoms with Gasteiger partial charge < -0.3 is 25.7 Å². The molecule has 2 atom stereocenters. The maximum absolute atomic E-state index is 13.1. The quantitative estimate of drug-likeness (QED) is 0.165. The second-order valence-electron chi connectivity index (χ2n) is 7.66. The summed E-state index contributed by atoms with van der Waals surface area (Å²) in [6.07, 6.45) is 1.73. The number of nitrogens with two attached hydrogens (primary N) is 1. The van der Waals surface area contributed by atoms with Crippen LogP contribution in [0.5, 0.6) is 0 Å². The van der Waals surface area contributed by atoms with E-state index in [0.29, 0.717) is 11.3 Å². The molecule has 1 fully saturated rings. The lowest BCUT2D eigenvalue weighted by atomic mass is 10.0. The van der Waals surface area contributed by atoms with Gasteiger partial charge in [0.15, 0.2) is 17.5 Å². The third kappa shape index (κ3) is 5.18. The summed E-state index contributed by atoms with van der Waals surface area (Å²) in [4.78, 5) is 59.4. The van der Waals surface area contributed by atoms with Crippen LogP contribution in [-0.4, -0.2) is 78.0 Å². The van der Waals surface area contributed by atoms with Gasteiger partial charge in [0.1, 0.15) is 35.1 Å². The van der Waals surface area contributed by atoms with Crippen molar-refractivity contribution in [2.24, 2.45) is 12.2 Å².